The van der Waals surface area contributed by atoms with Crippen molar-refractivity contribution < 1.29 is 32.2 Å². The van der Waals surface area contributed by atoms with E-state index < -0.39 is 17.8 Å². The number of aromatic nitrogens is 3. The summed E-state index contributed by atoms with van der Waals surface area (Å²) in [5, 5.41) is 2.72. The van der Waals surface area contributed by atoms with Crippen LogP contribution < -0.4 is 10.2 Å². The minimum atomic E-state index is -4.66. The van der Waals surface area contributed by atoms with E-state index in [0.717, 1.165) is 12.1 Å². The molecule has 0 unspecified atom stereocenters. The van der Waals surface area contributed by atoms with Crippen molar-refractivity contribution in [3.05, 3.63) is 47.5 Å². The highest BCUT2D eigenvalue weighted by Gasteiger charge is 2.33. The lowest BCUT2D eigenvalue weighted by molar-refractivity contribution is -0.141. The van der Waals surface area contributed by atoms with Crippen LogP contribution in [-0.2, 0) is 33.9 Å². The third-order valence-electron chi connectivity index (χ3n) is 5.74. The zero-order valence-corrected chi connectivity index (χ0v) is 19.2. The van der Waals surface area contributed by atoms with Crippen molar-refractivity contribution in [2.75, 3.05) is 43.6 Å². The Morgan fingerprint density at radius 2 is 1.91 bits per heavy atom. The number of esters is 1. The molecule has 4 rings (SSSR count). The van der Waals surface area contributed by atoms with Gasteiger partial charge in [0.15, 0.2) is 0 Å². The van der Waals surface area contributed by atoms with E-state index in [4.69, 9.17) is 9.47 Å². The molecule has 1 aromatic carbocycles. The van der Waals surface area contributed by atoms with Crippen molar-refractivity contribution >= 4 is 34.3 Å². The number of carbonyl (C=O) groups excluding carboxylic acids is 2. The Kier molecular flexibility index (Phi) is 6.92. The summed E-state index contributed by atoms with van der Waals surface area (Å²) in [5.74, 6) is -0.466. The molecule has 1 amide bonds. The topological polar surface area (TPSA) is 98.6 Å². The molecule has 9 nitrogen and oxygen atoms in total. The second kappa shape index (κ2) is 9.90. The first-order valence-electron chi connectivity index (χ1n) is 10.9. The number of carbonyl (C=O) groups is 2. The lowest BCUT2D eigenvalue weighted by atomic mass is 10.2. The van der Waals surface area contributed by atoms with Crippen LogP contribution in [0.25, 0.3) is 11.0 Å². The number of benzene rings is 1. The van der Waals surface area contributed by atoms with Gasteiger partial charge < -0.3 is 24.3 Å². The smallest absolute Gasteiger partial charge is 0.433 e. The van der Waals surface area contributed by atoms with Crippen LogP contribution in [0, 0.1) is 0 Å². The first kappa shape index (κ1) is 24.5. The van der Waals surface area contributed by atoms with Crippen molar-refractivity contribution in [1.29, 1.82) is 0 Å². The van der Waals surface area contributed by atoms with Crippen LogP contribution >= 0.6 is 0 Å². The highest BCUT2D eigenvalue weighted by atomic mass is 19.4. The van der Waals surface area contributed by atoms with Crippen LogP contribution in [0.1, 0.15) is 28.4 Å². The fraction of sp³-hybridized carbons (Fsp3) is 0.391. The zero-order chi connectivity index (χ0) is 25.2. The normalized spacial score (nSPS) is 14.3. The summed E-state index contributed by atoms with van der Waals surface area (Å²) in [6.45, 7) is 2.12. The number of amides is 1. The fourth-order valence-corrected chi connectivity index (χ4v) is 3.89. The molecule has 0 radical (unpaired) electrons. The molecule has 12 heteroatoms. The first-order chi connectivity index (χ1) is 16.7. The fourth-order valence-electron chi connectivity index (χ4n) is 3.89. The van der Waals surface area contributed by atoms with Gasteiger partial charge in [-0.3, -0.25) is 9.59 Å². The number of imidazole rings is 1. The number of hydrogen-bond acceptors (Lipinski definition) is 7. The highest BCUT2D eigenvalue weighted by Crippen LogP contribution is 2.33. The van der Waals surface area contributed by atoms with Crippen LogP contribution in [0.15, 0.2) is 30.3 Å². The molecule has 0 bridgehead atoms. The van der Waals surface area contributed by atoms with Crippen LogP contribution in [0.3, 0.4) is 0 Å². The molecule has 1 saturated heterocycles. The van der Waals surface area contributed by atoms with Crippen molar-refractivity contribution in [3.8, 4) is 0 Å². The van der Waals surface area contributed by atoms with E-state index in [2.05, 4.69) is 15.3 Å². The quantitative estimate of drug-likeness (QED) is 0.529. The number of halogens is 3. The molecule has 0 saturated carbocycles. The maximum atomic E-state index is 13.1. The first-order valence-corrected chi connectivity index (χ1v) is 10.9. The predicted octanol–water partition coefficient (Wildman–Crippen LogP) is 3.18. The Morgan fingerprint density at radius 1 is 1.17 bits per heavy atom. The van der Waals surface area contributed by atoms with Crippen molar-refractivity contribution in [2.45, 2.75) is 19.0 Å². The third kappa shape index (κ3) is 5.37. The summed E-state index contributed by atoms with van der Waals surface area (Å²) >= 11 is 0. The van der Waals surface area contributed by atoms with Crippen LogP contribution in [0.5, 0.6) is 0 Å². The minimum absolute atomic E-state index is 0.161. The molecule has 0 aliphatic carbocycles. The van der Waals surface area contributed by atoms with Gasteiger partial charge >= 0.3 is 12.1 Å². The van der Waals surface area contributed by atoms with Gasteiger partial charge in [-0.1, -0.05) is 6.07 Å². The second-order valence-electron chi connectivity index (χ2n) is 7.98. The summed E-state index contributed by atoms with van der Waals surface area (Å²) < 4.78 is 51.1. The number of alkyl halides is 3. The number of fused-ring (bicyclic) bond motifs is 1. The Labute approximate surface area is 198 Å². The number of aryl methyl sites for hydroxylation is 2. The summed E-state index contributed by atoms with van der Waals surface area (Å²) in [4.78, 5) is 34.6. The molecule has 0 spiro atoms. The summed E-state index contributed by atoms with van der Waals surface area (Å²) in [6.07, 6.45) is -4.14. The molecular formula is C23H24F3N5O4. The lowest BCUT2D eigenvalue weighted by Crippen LogP contribution is -2.36. The van der Waals surface area contributed by atoms with E-state index in [1.165, 1.54) is 13.2 Å². The maximum absolute atomic E-state index is 13.1. The zero-order valence-electron chi connectivity index (χ0n) is 19.2. The van der Waals surface area contributed by atoms with E-state index in [1.807, 2.05) is 11.0 Å². The molecule has 0 atom stereocenters. The van der Waals surface area contributed by atoms with Crippen LogP contribution in [-0.4, -0.2) is 59.8 Å². The molecule has 1 aliphatic heterocycles. The van der Waals surface area contributed by atoms with E-state index in [1.54, 1.807) is 17.7 Å². The Hall–Kier alpha value is -3.67. The average molecular weight is 491 g/mol. The van der Waals surface area contributed by atoms with Gasteiger partial charge in [-0.15, -0.1) is 0 Å². The largest absolute Gasteiger partial charge is 0.469 e. The van der Waals surface area contributed by atoms with Crippen molar-refractivity contribution in [1.82, 2.24) is 14.5 Å². The predicted molar refractivity (Wildman–Crippen MR) is 121 cm³/mol. The SMILES string of the molecule is COC(=O)CCc1nc2cc(N3CCOCC3)c(NC(=O)c3cccc(C(F)(F)F)n3)cc2n1C. The minimum Gasteiger partial charge on any atom is -0.469 e. The maximum Gasteiger partial charge on any atom is 0.433 e. The van der Waals surface area contributed by atoms with E-state index in [-0.39, 0.29) is 18.1 Å². The van der Waals surface area contributed by atoms with Gasteiger partial charge in [0.25, 0.3) is 5.91 Å². The summed E-state index contributed by atoms with van der Waals surface area (Å²) in [6, 6.07) is 6.73. The Balaban J connectivity index is 1.71. The number of nitrogens with zero attached hydrogens (tertiary/aromatic N) is 4. The lowest BCUT2D eigenvalue weighted by Gasteiger charge is -2.30. The average Bonchev–Trinajstić information content (AvgIpc) is 3.16. The third-order valence-corrected chi connectivity index (χ3v) is 5.74. The number of anilines is 2. The molecule has 1 fully saturated rings. The molecule has 1 aliphatic rings. The molecular weight excluding hydrogens is 467 g/mol. The molecule has 3 aromatic rings. The number of pyridine rings is 1. The van der Waals surface area contributed by atoms with Gasteiger partial charge in [0.05, 0.1) is 49.2 Å². The number of rotatable bonds is 6. The standard InChI is InChI=1S/C23H24F3N5O4/c1-30-17-12-16(29-22(33)14-4-3-5-19(27-14)23(24,25)26)18(31-8-10-35-11-9-31)13-15(17)28-20(30)6-7-21(32)34-2/h3-5,12-13H,6-11H2,1-2H3,(H,29,33). The van der Waals surface area contributed by atoms with Crippen molar-refractivity contribution in [2.24, 2.45) is 7.05 Å². The number of methoxy groups -OCH3 is 1. The van der Waals surface area contributed by atoms with Crippen LogP contribution in [0.2, 0.25) is 0 Å². The second-order valence-corrected chi connectivity index (χ2v) is 7.98. The van der Waals surface area contributed by atoms with E-state index in [9.17, 15) is 22.8 Å². The Bertz CT molecular complexity index is 1250. The number of nitrogens with one attached hydrogen (secondary N) is 1. The summed E-state index contributed by atoms with van der Waals surface area (Å²) in [5.41, 5.74) is 0.926. The highest BCUT2D eigenvalue weighted by molar-refractivity contribution is 6.06. The van der Waals surface area contributed by atoms with Gasteiger partial charge in [-0.25, -0.2) is 9.97 Å². The molecule has 35 heavy (non-hydrogen) atoms. The van der Waals surface area contributed by atoms with Crippen LogP contribution in [0.4, 0.5) is 24.5 Å². The number of ether oxygens (including phenoxy) is 2. The van der Waals surface area contributed by atoms with Crippen molar-refractivity contribution in [3.63, 3.8) is 0 Å². The van der Waals surface area contributed by atoms with E-state index >= 15 is 0 Å². The van der Waals surface area contributed by atoms with Gasteiger partial charge in [-0.2, -0.15) is 13.2 Å². The molecule has 3 heterocycles. The summed E-state index contributed by atoms with van der Waals surface area (Å²) in [7, 11) is 3.11. The van der Waals surface area contributed by atoms with Gasteiger partial charge in [-0.05, 0) is 24.3 Å². The molecule has 1 N–H and O–H groups in total. The number of hydrogen-bond donors (Lipinski definition) is 1. The molecule has 186 valence electrons. The van der Waals surface area contributed by atoms with Gasteiger partial charge in [0.2, 0.25) is 0 Å². The monoisotopic (exact) mass is 491 g/mol. The van der Waals surface area contributed by atoms with Gasteiger partial charge in [0, 0.05) is 26.6 Å². The van der Waals surface area contributed by atoms with E-state index in [0.29, 0.717) is 61.0 Å². The molecule has 2 aromatic heterocycles. The Morgan fingerprint density at radius 3 is 2.60 bits per heavy atom. The van der Waals surface area contributed by atoms with Gasteiger partial charge in [0.1, 0.15) is 17.2 Å². The number of morpholine rings is 1.